The van der Waals surface area contributed by atoms with Crippen molar-refractivity contribution in [2.45, 2.75) is 58.8 Å². The molecule has 0 spiro atoms. The van der Waals surface area contributed by atoms with Crippen molar-refractivity contribution in [3.63, 3.8) is 0 Å². The molecule has 2 aliphatic carbocycles. The maximum atomic E-state index is 12.6. The van der Waals surface area contributed by atoms with Gasteiger partial charge in [0, 0.05) is 19.5 Å². The van der Waals surface area contributed by atoms with Gasteiger partial charge in [-0.25, -0.2) is 0 Å². The van der Waals surface area contributed by atoms with E-state index in [9.17, 15) is 14.7 Å². The predicted octanol–water partition coefficient (Wildman–Crippen LogP) is 3.16. The minimum absolute atomic E-state index is 0.194. The number of hydrogen-bond acceptors (Lipinski definition) is 2. The molecule has 1 amide bonds. The summed E-state index contributed by atoms with van der Waals surface area (Å²) in [5.74, 6) is 0.400. The minimum Gasteiger partial charge on any atom is -0.481 e. The molecule has 0 aromatic heterocycles. The van der Waals surface area contributed by atoms with E-state index in [1.807, 2.05) is 4.90 Å². The van der Waals surface area contributed by atoms with Crippen LogP contribution in [0.5, 0.6) is 0 Å². The summed E-state index contributed by atoms with van der Waals surface area (Å²) >= 11 is 0. The van der Waals surface area contributed by atoms with E-state index in [4.69, 9.17) is 0 Å². The Balaban J connectivity index is 1.53. The summed E-state index contributed by atoms with van der Waals surface area (Å²) in [6.07, 6.45) is 7.60. The highest BCUT2D eigenvalue weighted by Gasteiger charge is 2.47. The molecule has 0 unspecified atom stereocenters. The molecule has 2 atom stereocenters. The molecule has 2 saturated carbocycles. The molecule has 1 N–H and O–H groups in total. The molecule has 4 nitrogen and oxygen atoms in total. The first-order valence-corrected chi connectivity index (χ1v) is 8.86. The van der Waals surface area contributed by atoms with Crippen LogP contribution in [0.4, 0.5) is 0 Å². The summed E-state index contributed by atoms with van der Waals surface area (Å²) in [7, 11) is 0. The third-order valence-corrected chi connectivity index (χ3v) is 6.18. The fourth-order valence-corrected chi connectivity index (χ4v) is 4.34. The van der Waals surface area contributed by atoms with Crippen molar-refractivity contribution in [3.8, 4) is 0 Å². The lowest BCUT2D eigenvalue weighted by Gasteiger charge is -2.34. The highest BCUT2D eigenvalue weighted by Crippen LogP contribution is 2.45. The monoisotopic (exact) mass is 307 g/mol. The van der Waals surface area contributed by atoms with Gasteiger partial charge in [-0.15, -0.1) is 0 Å². The molecule has 0 radical (unpaired) electrons. The second-order valence-electron chi connectivity index (χ2n) is 8.56. The molecule has 4 heteroatoms. The van der Waals surface area contributed by atoms with Gasteiger partial charge in [0.1, 0.15) is 0 Å². The van der Waals surface area contributed by atoms with E-state index in [0.29, 0.717) is 36.8 Å². The number of carboxylic acids is 1. The fraction of sp³-hybridized carbons (Fsp3) is 0.889. The molecule has 0 aromatic carbocycles. The normalized spacial score (nSPS) is 32.2. The highest BCUT2D eigenvalue weighted by molar-refractivity contribution is 5.79. The third-order valence-electron chi connectivity index (χ3n) is 6.18. The van der Waals surface area contributed by atoms with Crippen molar-refractivity contribution in [1.82, 2.24) is 4.90 Å². The number of nitrogens with zero attached hydrogens (tertiary/aromatic N) is 1. The van der Waals surface area contributed by atoms with Gasteiger partial charge < -0.3 is 10.0 Å². The standard InChI is InChI=1S/C18H29NO3/c1-18(2)7-5-12(6-8-18)9-16(20)19-10-14(13-3-4-13)15(11-19)17(21)22/h12-15H,3-11H2,1-2H3,(H,21,22)/t14-,15+/m1/s1. The van der Waals surface area contributed by atoms with Crippen LogP contribution in [0, 0.1) is 29.1 Å². The molecule has 3 fully saturated rings. The number of rotatable bonds is 4. The summed E-state index contributed by atoms with van der Waals surface area (Å²) in [6.45, 7) is 5.73. The number of likely N-dealkylation sites (tertiary alicyclic amines) is 1. The van der Waals surface area contributed by atoms with Gasteiger partial charge in [0.2, 0.25) is 5.91 Å². The number of hydrogen-bond donors (Lipinski definition) is 1. The van der Waals surface area contributed by atoms with Crippen LogP contribution in [0.3, 0.4) is 0 Å². The second kappa shape index (κ2) is 5.86. The van der Waals surface area contributed by atoms with Gasteiger partial charge in [-0.05, 0) is 61.7 Å². The van der Waals surface area contributed by atoms with Crippen LogP contribution in [0.2, 0.25) is 0 Å². The number of carbonyl (C=O) groups excluding carboxylic acids is 1. The van der Waals surface area contributed by atoms with Crippen molar-refractivity contribution in [1.29, 1.82) is 0 Å². The fourth-order valence-electron chi connectivity index (χ4n) is 4.34. The van der Waals surface area contributed by atoms with Crippen LogP contribution in [-0.4, -0.2) is 35.0 Å². The van der Waals surface area contributed by atoms with Crippen LogP contribution >= 0.6 is 0 Å². The maximum absolute atomic E-state index is 12.6. The molecule has 124 valence electrons. The Morgan fingerprint density at radius 1 is 1.09 bits per heavy atom. The summed E-state index contributed by atoms with van der Waals surface area (Å²) in [4.78, 5) is 25.8. The second-order valence-corrected chi connectivity index (χ2v) is 8.56. The van der Waals surface area contributed by atoms with Crippen molar-refractivity contribution in [2.24, 2.45) is 29.1 Å². The lowest BCUT2D eigenvalue weighted by Crippen LogP contribution is -2.32. The summed E-state index contributed by atoms with van der Waals surface area (Å²) in [5, 5.41) is 9.40. The van der Waals surface area contributed by atoms with Gasteiger partial charge in [0.25, 0.3) is 0 Å². The number of amides is 1. The Kier molecular flexibility index (Phi) is 4.21. The van der Waals surface area contributed by atoms with E-state index in [0.717, 1.165) is 25.7 Å². The largest absolute Gasteiger partial charge is 0.481 e. The summed E-state index contributed by atoms with van der Waals surface area (Å²) in [6, 6.07) is 0. The Morgan fingerprint density at radius 3 is 2.27 bits per heavy atom. The van der Waals surface area contributed by atoms with Gasteiger partial charge in [0.05, 0.1) is 5.92 Å². The zero-order valence-corrected chi connectivity index (χ0v) is 13.9. The van der Waals surface area contributed by atoms with Crippen molar-refractivity contribution in [2.75, 3.05) is 13.1 Å². The minimum atomic E-state index is -0.716. The van der Waals surface area contributed by atoms with Gasteiger partial charge in [-0.1, -0.05) is 13.8 Å². The van der Waals surface area contributed by atoms with E-state index >= 15 is 0 Å². The first-order chi connectivity index (χ1) is 10.4. The Bertz CT molecular complexity index is 445. The molecule has 1 heterocycles. The maximum Gasteiger partial charge on any atom is 0.308 e. The first-order valence-electron chi connectivity index (χ1n) is 8.86. The Hall–Kier alpha value is -1.06. The highest BCUT2D eigenvalue weighted by atomic mass is 16.4. The molecule has 22 heavy (non-hydrogen) atoms. The zero-order valence-electron chi connectivity index (χ0n) is 13.9. The molecule has 1 aliphatic heterocycles. The zero-order chi connectivity index (χ0) is 15.9. The summed E-state index contributed by atoms with van der Waals surface area (Å²) < 4.78 is 0. The molecule has 0 aromatic rings. The Morgan fingerprint density at radius 2 is 1.73 bits per heavy atom. The van der Waals surface area contributed by atoms with Crippen molar-refractivity contribution < 1.29 is 14.7 Å². The molecule has 1 saturated heterocycles. The predicted molar refractivity (Wildman–Crippen MR) is 84.3 cm³/mol. The average molecular weight is 307 g/mol. The molecular formula is C18H29NO3. The van der Waals surface area contributed by atoms with Gasteiger partial charge in [0.15, 0.2) is 0 Å². The van der Waals surface area contributed by atoms with Crippen LogP contribution in [0.25, 0.3) is 0 Å². The van der Waals surface area contributed by atoms with Crippen molar-refractivity contribution >= 4 is 11.9 Å². The lowest BCUT2D eigenvalue weighted by atomic mass is 9.72. The third kappa shape index (κ3) is 3.47. The van der Waals surface area contributed by atoms with Crippen LogP contribution < -0.4 is 0 Å². The van der Waals surface area contributed by atoms with E-state index in [2.05, 4.69) is 13.8 Å². The van der Waals surface area contributed by atoms with E-state index in [1.165, 1.54) is 12.8 Å². The topological polar surface area (TPSA) is 57.6 Å². The van der Waals surface area contributed by atoms with E-state index in [1.54, 1.807) is 0 Å². The first kappa shape index (κ1) is 15.8. The van der Waals surface area contributed by atoms with E-state index < -0.39 is 5.97 Å². The molecular weight excluding hydrogens is 278 g/mol. The number of aliphatic carboxylic acids is 1. The smallest absolute Gasteiger partial charge is 0.308 e. The van der Waals surface area contributed by atoms with Crippen LogP contribution in [0.15, 0.2) is 0 Å². The van der Waals surface area contributed by atoms with Gasteiger partial charge in [-0.3, -0.25) is 9.59 Å². The Labute approximate surface area is 133 Å². The molecule has 3 aliphatic rings. The number of carbonyl (C=O) groups is 2. The van der Waals surface area contributed by atoms with Gasteiger partial charge >= 0.3 is 5.97 Å². The van der Waals surface area contributed by atoms with Crippen LogP contribution in [0.1, 0.15) is 58.8 Å². The summed E-state index contributed by atoms with van der Waals surface area (Å²) in [5.41, 5.74) is 0.429. The van der Waals surface area contributed by atoms with Crippen LogP contribution in [-0.2, 0) is 9.59 Å². The van der Waals surface area contributed by atoms with E-state index in [-0.39, 0.29) is 17.7 Å². The quantitative estimate of drug-likeness (QED) is 0.868. The molecule has 0 bridgehead atoms. The lowest BCUT2D eigenvalue weighted by molar-refractivity contribution is -0.142. The number of carboxylic acid groups (broad SMARTS) is 1. The molecule has 3 rings (SSSR count). The van der Waals surface area contributed by atoms with Gasteiger partial charge in [-0.2, -0.15) is 0 Å². The SMILES string of the molecule is CC1(C)CCC(CC(=O)N2C[C@H](C(=O)O)[C@@H](C3CC3)C2)CC1. The average Bonchev–Trinajstić information content (AvgIpc) is 3.19. The van der Waals surface area contributed by atoms with Crippen molar-refractivity contribution in [3.05, 3.63) is 0 Å².